The van der Waals surface area contributed by atoms with E-state index in [1.165, 1.54) is 12.8 Å². The Morgan fingerprint density at radius 1 is 1.43 bits per heavy atom. The van der Waals surface area contributed by atoms with Gasteiger partial charge in [-0.2, -0.15) is 5.26 Å². The molecule has 0 bridgehead atoms. The molecular formula is C15H26N4OS. The monoisotopic (exact) mass is 310 g/mol. The molecule has 1 aliphatic heterocycles. The molecule has 21 heavy (non-hydrogen) atoms. The van der Waals surface area contributed by atoms with Crippen LogP contribution in [0.4, 0.5) is 0 Å². The molecule has 5 nitrogen and oxygen atoms in total. The number of hydrazine groups is 1. The van der Waals surface area contributed by atoms with Crippen molar-refractivity contribution in [3.8, 4) is 6.07 Å². The molecule has 2 rings (SSSR count). The molecule has 1 unspecified atom stereocenters. The first-order valence-corrected chi connectivity index (χ1v) is 9.08. The number of carbonyl (C=O) groups excluding carboxylic acids is 1. The molecule has 118 valence electrons. The van der Waals surface area contributed by atoms with E-state index in [-0.39, 0.29) is 11.9 Å². The van der Waals surface area contributed by atoms with E-state index in [1.807, 2.05) is 0 Å². The van der Waals surface area contributed by atoms with Gasteiger partial charge in [-0.15, -0.1) is 11.8 Å². The standard InChI is InChI=1S/C15H26N4OS/c1-3-17-19(13-6-4-12(2)5-7-13)9-15(20)18-11-21-10-14(18)8-16/h12-14,17H,3-7,9-11H2,1-2H3. The van der Waals surface area contributed by atoms with Crippen molar-refractivity contribution in [2.45, 2.75) is 51.6 Å². The Labute approximate surface area is 132 Å². The van der Waals surface area contributed by atoms with Crippen LogP contribution in [-0.4, -0.2) is 52.6 Å². The predicted molar refractivity (Wildman–Crippen MR) is 85.4 cm³/mol. The molecule has 2 fully saturated rings. The number of rotatable bonds is 5. The summed E-state index contributed by atoms with van der Waals surface area (Å²) < 4.78 is 0. The van der Waals surface area contributed by atoms with E-state index < -0.39 is 0 Å². The number of nitrogens with one attached hydrogen (secondary N) is 1. The fourth-order valence-corrected chi connectivity index (χ4v) is 4.21. The number of nitriles is 1. The first kappa shape index (κ1) is 16.6. The van der Waals surface area contributed by atoms with E-state index in [2.05, 4.69) is 30.4 Å². The van der Waals surface area contributed by atoms with Crippen LogP contribution in [-0.2, 0) is 4.79 Å². The molecule has 0 aromatic rings. The molecule has 1 saturated carbocycles. The Morgan fingerprint density at radius 3 is 2.76 bits per heavy atom. The first-order chi connectivity index (χ1) is 10.2. The Kier molecular flexibility index (Phi) is 6.34. The van der Waals surface area contributed by atoms with Crippen molar-refractivity contribution in [1.29, 1.82) is 5.26 Å². The SMILES string of the molecule is CCNN(CC(=O)N1CSCC1C#N)C1CCC(C)CC1. The second-order valence-corrected chi connectivity index (χ2v) is 7.06. The van der Waals surface area contributed by atoms with E-state index >= 15 is 0 Å². The van der Waals surface area contributed by atoms with Crippen LogP contribution in [0.1, 0.15) is 39.5 Å². The highest BCUT2D eigenvalue weighted by Crippen LogP contribution is 2.27. The Morgan fingerprint density at radius 2 is 2.14 bits per heavy atom. The number of carbonyl (C=O) groups is 1. The molecule has 1 N–H and O–H groups in total. The summed E-state index contributed by atoms with van der Waals surface area (Å²) in [5.41, 5.74) is 3.35. The van der Waals surface area contributed by atoms with Crippen LogP contribution in [0.15, 0.2) is 0 Å². The largest absolute Gasteiger partial charge is 0.315 e. The summed E-state index contributed by atoms with van der Waals surface area (Å²) in [6.45, 7) is 5.58. The summed E-state index contributed by atoms with van der Waals surface area (Å²) in [5, 5.41) is 11.2. The van der Waals surface area contributed by atoms with E-state index in [1.54, 1.807) is 16.7 Å². The molecular weight excluding hydrogens is 284 g/mol. The van der Waals surface area contributed by atoms with Crippen molar-refractivity contribution in [3.05, 3.63) is 0 Å². The maximum absolute atomic E-state index is 12.5. The highest BCUT2D eigenvalue weighted by atomic mass is 32.2. The third-order valence-electron chi connectivity index (χ3n) is 4.44. The van der Waals surface area contributed by atoms with Gasteiger partial charge in [-0.1, -0.05) is 13.8 Å². The zero-order chi connectivity index (χ0) is 15.2. The Bertz CT molecular complexity index is 390. The second kappa shape index (κ2) is 8.02. The topological polar surface area (TPSA) is 59.4 Å². The molecule has 0 radical (unpaired) electrons. The van der Waals surface area contributed by atoms with Gasteiger partial charge in [-0.3, -0.25) is 10.2 Å². The van der Waals surface area contributed by atoms with Crippen LogP contribution in [0.5, 0.6) is 0 Å². The van der Waals surface area contributed by atoms with Gasteiger partial charge in [-0.25, -0.2) is 5.01 Å². The number of thioether (sulfide) groups is 1. The lowest BCUT2D eigenvalue weighted by Gasteiger charge is -2.36. The van der Waals surface area contributed by atoms with Crippen LogP contribution in [0.2, 0.25) is 0 Å². The van der Waals surface area contributed by atoms with Gasteiger partial charge in [0.25, 0.3) is 0 Å². The van der Waals surface area contributed by atoms with Crippen LogP contribution in [0, 0.1) is 17.2 Å². The van der Waals surface area contributed by atoms with E-state index in [0.29, 0.717) is 18.5 Å². The summed E-state index contributed by atoms with van der Waals surface area (Å²) in [5.74, 6) is 2.27. The van der Waals surface area contributed by atoms with Crippen molar-refractivity contribution < 1.29 is 4.79 Å². The third-order valence-corrected chi connectivity index (χ3v) is 5.46. The minimum atomic E-state index is -0.252. The van der Waals surface area contributed by atoms with E-state index in [0.717, 1.165) is 31.1 Å². The van der Waals surface area contributed by atoms with Gasteiger partial charge < -0.3 is 4.90 Å². The molecule has 2 aliphatic rings. The summed E-state index contributed by atoms with van der Waals surface area (Å²) >= 11 is 1.66. The summed E-state index contributed by atoms with van der Waals surface area (Å²) in [6, 6.07) is 2.42. The Hall–Kier alpha value is -0.770. The molecule has 0 spiro atoms. The number of hydrogen-bond donors (Lipinski definition) is 1. The maximum Gasteiger partial charge on any atom is 0.240 e. The molecule has 6 heteroatoms. The third kappa shape index (κ3) is 4.35. The van der Waals surface area contributed by atoms with Gasteiger partial charge in [0.1, 0.15) is 6.04 Å². The zero-order valence-electron chi connectivity index (χ0n) is 13.0. The van der Waals surface area contributed by atoms with Gasteiger partial charge in [0.15, 0.2) is 0 Å². The average molecular weight is 310 g/mol. The van der Waals surface area contributed by atoms with Gasteiger partial charge in [0, 0.05) is 18.3 Å². The van der Waals surface area contributed by atoms with Gasteiger partial charge in [-0.05, 0) is 31.6 Å². The lowest BCUT2D eigenvalue weighted by molar-refractivity contribution is -0.133. The maximum atomic E-state index is 12.5. The van der Waals surface area contributed by atoms with Crippen LogP contribution < -0.4 is 5.43 Å². The lowest BCUT2D eigenvalue weighted by Crippen LogP contribution is -2.52. The van der Waals surface area contributed by atoms with Crippen LogP contribution in [0.3, 0.4) is 0 Å². The van der Waals surface area contributed by atoms with Crippen molar-refractivity contribution in [2.24, 2.45) is 5.92 Å². The first-order valence-electron chi connectivity index (χ1n) is 7.92. The lowest BCUT2D eigenvalue weighted by atomic mass is 9.87. The molecule has 1 saturated heterocycles. The minimum Gasteiger partial charge on any atom is -0.315 e. The second-order valence-electron chi connectivity index (χ2n) is 6.06. The quantitative estimate of drug-likeness (QED) is 0.785. The van der Waals surface area contributed by atoms with Gasteiger partial charge in [0.2, 0.25) is 5.91 Å². The molecule has 1 atom stereocenters. The molecule has 0 aromatic carbocycles. The summed E-state index contributed by atoms with van der Waals surface area (Å²) in [6.07, 6.45) is 4.78. The Balaban J connectivity index is 1.92. The number of hydrogen-bond acceptors (Lipinski definition) is 5. The van der Waals surface area contributed by atoms with Gasteiger partial charge >= 0.3 is 0 Å². The van der Waals surface area contributed by atoms with Crippen LogP contribution >= 0.6 is 11.8 Å². The fourth-order valence-electron chi connectivity index (χ4n) is 3.10. The van der Waals surface area contributed by atoms with E-state index in [9.17, 15) is 4.79 Å². The molecule has 1 heterocycles. The van der Waals surface area contributed by atoms with Crippen molar-refractivity contribution in [2.75, 3.05) is 24.7 Å². The van der Waals surface area contributed by atoms with Crippen LogP contribution in [0.25, 0.3) is 0 Å². The van der Waals surface area contributed by atoms with Crippen molar-refractivity contribution in [1.82, 2.24) is 15.3 Å². The number of nitrogens with zero attached hydrogens (tertiary/aromatic N) is 3. The van der Waals surface area contributed by atoms with Crippen molar-refractivity contribution >= 4 is 17.7 Å². The fraction of sp³-hybridized carbons (Fsp3) is 0.867. The molecule has 0 aromatic heterocycles. The minimum absolute atomic E-state index is 0.0751. The zero-order valence-corrected chi connectivity index (χ0v) is 13.9. The van der Waals surface area contributed by atoms with Gasteiger partial charge in [0.05, 0.1) is 18.5 Å². The molecule has 1 aliphatic carbocycles. The molecule has 1 amide bonds. The predicted octanol–water partition coefficient (Wildman–Crippen LogP) is 1.82. The summed E-state index contributed by atoms with van der Waals surface area (Å²) in [7, 11) is 0. The smallest absolute Gasteiger partial charge is 0.240 e. The highest BCUT2D eigenvalue weighted by molar-refractivity contribution is 7.99. The van der Waals surface area contributed by atoms with E-state index in [4.69, 9.17) is 5.26 Å². The average Bonchev–Trinajstić information content (AvgIpc) is 2.96. The summed E-state index contributed by atoms with van der Waals surface area (Å²) in [4.78, 5) is 14.2. The van der Waals surface area contributed by atoms with Crippen molar-refractivity contribution in [3.63, 3.8) is 0 Å². The normalized spacial score (nSPS) is 29.6. The highest BCUT2D eigenvalue weighted by Gasteiger charge is 2.32. The number of amides is 1.